The molecule has 0 amide bonds. The summed E-state index contributed by atoms with van der Waals surface area (Å²) in [5.74, 6) is -0.138. The van der Waals surface area contributed by atoms with Crippen LogP contribution in [-0.2, 0) is 20.2 Å². The van der Waals surface area contributed by atoms with Crippen molar-refractivity contribution in [2.75, 3.05) is 13.2 Å². The molecule has 2 atom stereocenters. The van der Waals surface area contributed by atoms with Crippen molar-refractivity contribution >= 4 is 31.3 Å². The highest BCUT2D eigenvalue weighted by atomic mass is 35.7. The van der Waals surface area contributed by atoms with E-state index in [0.717, 1.165) is 5.56 Å². The summed E-state index contributed by atoms with van der Waals surface area (Å²) in [6.45, 7) is 0.845. The van der Waals surface area contributed by atoms with E-state index in [0.29, 0.717) is 31.1 Å². The standard InChI is InChI=1S/C12H14Cl2O3S/c13-11-4-2-1-3-9(11)7-10-8-17-6-5-12(10)18(14,15)16/h1-4,10,12H,5-8H2/t10-,12+/m0/s1. The van der Waals surface area contributed by atoms with Crippen LogP contribution in [0.1, 0.15) is 12.0 Å². The van der Waals surface area contributed by atoms with E-state index in [1.807, 2.05) is 18.2 Å². The Balaban J connectivity index is 2.18. The van der Waals surface area contributed by atoms with Crippen LogP contribution in [0.5, 0.6) is 0 Å². The average molecular weight is 309 g/mol. The number of rotatable bonds is 3. The Morgan fingerprint density at radius 2 is 2.06 bits per heavy atom. The predicted octanol–water partition coefficient (Wildman–Crippen LogP) is 2.86. The fourth-order valence-electron chi connectivity index (χ4n) is 2.28. The third-order valence-corrected chi connectivity index (χ3v) is 5.61. The van der Waals surface area contributed by atoms with Crippen LogP contribution in [0.25, 0.3) is 0 Å². The zero-order valence-corrected chi connectivity index (χ0v) is 12.0. The van der Waals surface area contributed by atoms with Gasteiger partial charge in [0.25, 0.3) is 0 Å². The number of halogens is 2. The lowest BCUT2D eigenvalue weighted by molar-refractivity contribution is 0.0577. The molecule has 3 nitrogen and oxygen atoms in total. The van der Waals surface area contributed by atoms with Gasteiger partial charge < -0.3 is 4.74 Å². The fraction of sp³-hybridized carbons (Fsp3) is 0.500. The Kier molecular flexibility index (Phi) is 4.54. The van der Waals surface area contributed by atoms with Gasteiger partial charge in [-0.2, -0.15) is 0 Å². The summed E-state index contributed by atoms with van der Waals surface area (Å²) in [5.41, 5.74) is 0.931. The van der Waals surface area contributed by atoms with Crippen LogP contribution in [0.15, 0.2) is 24.3 Å². The lowest BCUT2D eigenvalue weighted by Gasteiger charge is -2.29. The molecule has 1 aliphatic rings. The largest absolute Gasteiger partial charge is 0.381 e. The van der Waals surface area contributed by atoms with Crippen molar-refractivity contribution in [3.05, 3.63) is 34.9 Å². The molecule has 1 aliphatic heterocycles. The molecule has 0 saturated carbocycles. The minimum absolute atomic E-state index is 0.138. The van der Waals surface area contributed by atoms with Gasteiger partial charge in [0.05, 0.1) is 11.9 Å². The van der Waals surface area contributed by atoms with Crippen molar-refractivity contribution in [2.24, 2.45) is 5.92 Å². The van der Waals surface area contributed by atoms with Gasteiger partial charge in [0.2, 0.25) is 9.05 Å². The topological polar surface area (TPSA) is 43.4 Å². The summed E-state index contributed by atoms with van der Waals surface area (Å²) in [7, 11) is 1.94. The molecular weight excluding hydrogens is 295 g/mol. The van der Waals surface area contributed by atoms with Gasteiger partial charge in [-0.15, -0.1) is 0 Å². The molecule has 0 spiro atoms. The van der Waals surface area contributed by atoms with Crippen LogP contribution in [0.3, 0.4) is 0 Å². The first kappa shape index (κ1) is 14.1. The van der Waals surface area contributed by atoms with Crippen molar-refractivity contribution in [1.29, 1.82) is 0 Å². The molecule has 1 heterocycles. The van der Waals surface area contributed by atoms with E-state index in [9.17, 15) is 8.42 Å². The zero-order chi connectivity index (χ0) is 13.2. The summed E-state index contributed by atoms with van der Waals surface area (Å²) < 4.78 is 28.5. The van der Waals surface area contributed by atoms with Crippen LogP contribution in [0, 0.1) is 5.92 Å². The van der Waals surface area contributed by atoms with E-state index in [-0.39, 0.29) is 5.92 Å². The molecule has 0 radical (unpaired) electrons. The molecule has 0 unspecified atom stereocenters. The van der Waals surface area contributed by atoms with Gasteiger partial charge in [-0.3, -0.25) is 0 Å². The molecule has 1 aromatic rings. The first-order valence-corrected chi connectivity index (χ1v) is 8.48. The van der Waals surface area contributed by atoms with Gasteiger partial charge >= 0.3 is 0 Å². The molecular formula is C12H14Cl2O3S. The van der Waals surface area contributed by atoms with Crippen LogP contribution in [0.4, 0.5) is 0 Å². The Morgan fingerprint density at radius 3 is 2.72 bits per heavy atom. The van der Waals surface area contributed by atoms with Crippen molar-refractivity contribution in [2.45, 2.75) is 18.1 Å². The Morgan fingerprint density at radius 1 is 1.33 bits per heavy atom. The highest BCUT2D eigenvalue weighted by Crippen LogP contribution is 2.29. The third-order valence-electron chi connectivity index (χ3n) is 3.21. The molecule has 1 saturated heterocycles. The molecule has 1 fully saturated rings. The Bertz CT molecular complexity index is 516. The van der Waals surface area contributed by atoms with Gasteiger partial charge in [0.15, 0.2) is 0 Å². The summed E-state index contributed by atoms with van der Waals surface area (Å²) >= 11 is 6.08. The highest BCUT2D eigenvalue weighted by molar-refractivity contribution is 8.14. The van der Waals surface area contributed by atoms with Gasteiger partial charge in [-0.05, 0) is 24.5 Å². The molecule has 100 valence electrons. The summed E-state index contributed by atoms with van der Waals surface area (Å²) in [5, 5.41) is 0.0954. The maximum absolute atomic E-state index is 11.5. The first-order valence-electron chi connectivity index (χ1n) is 5.73. The van der Waals surface area contributed by atoms with Crippen LogP contribution in [-0.4, -0.2) is 26.9 Å². The number of hydrogen-bond donors (Lipinski definition) is 0. The van der Waals surface area contributed by atoms with Crippen molar-refractivity contribution < 1.29 is 13.2 Å². The second-order valence-electron chi connectivity index (χ2n) is 4.43. The molecule has 2 rings (SSSR count). The maximum Gasteiger partial charge on any atom is 0.235 e. The summed E-state index contributed by atoms with van der Waals surface area (Å²) in [4.78, 5) is 0. The summed E-state index contributed by atoms with van der Waals surface area (Å²) in [6, 6.07) is 7.42. The van der Waals surface area contributed by atoms with Gasteiger partial charge in [-0.1, -0.05) is 29.8 Å². The van der Waals surface area contributed by atoms with Crippen molar-refractivity contribution in [3.8, 4) is 0 Å². The fourth-order valence-corrected chi connectivity index (χ4v) is 4.21. The van der Waals surface area contributed by atoms with Gasteiger partial charge in [0.1, 0.15) is 0 Å². The molecule has 0 N–H and O–H groups in total. The highest BCUT2D eigenvalue weighted by Gasteiger charge is 2.35. The minimum Gasteiger partial charge on any atom is -0.381 e. The SMILES string of the molecule is O=S(=O)(Cl)[C@@H]1CCOC[C@@H]1Cc1ccccc1Cl. The smallest absolute Gasteiger partial charge is 0.235 e. The second-order valence-corrected chi connectivity index (χ2v) is 7.69. The number of hydrogen-bond acceptors (Lipinski definition) is 3. The Hall–Kier alpha value is -0.290. The van der Waals surface area contributed by atoms with Crippen molar-refractivity contribution in [1.82, 2.24) is 0 Å². The van der Waals surface area contributed by atoms with Crippen molar-refractivity contribution in [3.63, 3.8) is 0 Å². The minimum atomic E-state index is -3.56. The van der Waals surface area contributed by atoms with Crippen LogP contribution >= 0.6 is 22.3 Å². The van der Waals surface area contributed by atoms with Crippen LogP contribution in [0.2, 0.25) is 5.02 Å². The van der Waals surface area contributed by atoms with E-state index >= 15 is 0 Å². The van der Waals surface area contributed by atoms with E-state index in [1.54, 1.807) is 6.07 Å². The van der Waals surface area contributed by atoms with E-state index < -0.39 is 14.3 Å². The average Bonchev–Trinajstić information content (AvgIpc) is 2.31. The predicted molar refractivity (Wildman–Crippen MR) is 72.6 cm³/mol. The normalized spacial score (nSPS) is 25.0. The lowest BCUT2D eigenvalue weighted by atomic mass is 9.93. The second kappa shape index (κ2) is 5.78. The molecule has 0 aromatic heterocycles. The van der Waals surface area contributed by atoms with E-state index in [1.165, 1.54) is 0 Å². The monoisotopic (exact) mass is 308 g/mol. The number of ether oxygens (including phenoxy) is 1. The van der Waals surface area contributed by atoms with E-state index in [4.69, 9.17) is 27.0 Å². The molecule has 0 bridgehead atoms. The maximum atomic E-state index is 11.5. The van der Waals surface area contributed by atoms with Gasteiger partial charge in [-0.25, -0.2) is 8.42 Å². The third kappa shape index (κ3) is 3.38. The quantitative estimate of drug-likeness (QED) is 0.806. The van der Waals surface area contributed by atoms with Gasteiger partial charge in [0, 0.05) is 28.2 Å². The Labute approximate surface area is 116 Å². The first-order chi connectivity index (χ1) is 8.48. The van der Waals surface area contributed by atoms with E-state index in [2.05, 4.69) is 0 Å². The zero-order valence-electron chi connectivity index (χ0n) is 9.68. The van der Waals surface area contributed by atoms with Crippen LogP contribution < -0.4 is 0 Å². The molecule has 18 heavy (non-hydrogen) atoms. The summed E-state index contributed by atoms with van der Waals surface area (Å²) in [6.07, 6.45) is 1.01. The molecule has 0 aliphatic carbocycles. The number of benzene rings is 1. The molecule has 1 aromatic carbocycles. The lowest BCUT2D eigenvalue weighted by Crippen LogP contribution is -2.37. The molecule has 6 heteroatoms.